The Bertz CT molecular complexity index is 836. The van der Waals surface area contributed by atoms with Crippen LogP contribution in [0.1, 0.15) is 15.9 Å². The first-order chi connectivity index (χ1) is 11.6. The summed E-state index contributed by atoms with van der Waals surface area (Å²) in [6, 6.07) is 12.2. The van der Waals surface area contributed by atoms with Crippen LogP contribution < -0.4 is 10.1 Å². The molecule has 0 radical (unpaired) electrons. The van der Waals surface area contributed by atoms with Crippen LogP contribution in [0.4, 0.5) is 5.13 Å². The van der Waals surface area contributed by atoms with Gasteiger partial charge in [-0.1, -0.05) is 35.3 Å². The minimum Gasteiger partial charge on any atom is -0.487 e. The Kier molecular flexibility index (Phi) is 5.35. The molecule has 2 aromatic carbocycles. The molecule has 1 aromatic heterocycles. The van der Waals surface area contributed by atoms with E-state index < -0.39 is 0 Å². The normalized spacial score (nSPS) is 10.4. The van der Waals surface area contributed by atoms with Gasteiger partial charge in [-0.05, 0) is 35.9 Å². The number of aromatic nitrogens is 1. The summed E-state index contributed by atoms with van der Waals surface area (Å²) >= 11 is 13.3. The number of benzene rings is 2. The van der Waals surface area contributed by atoms with Crippen LogP contribution in [0.25, 0.3) is 0 Å². The van der Waals surface area contributed by atoms with Gasteiger partial charge < -0.3 is 4.74 Å². The first-order valence-electron chi connectivity index (χ1n) is 6.99. The van der Waals surface area contributed by atoms with Gasteiger partial charge in [0, 0.05) is 22.2 Å². The SMILES string of the molecule is O=C(Nc1nccs1)c1ccc(COc2ccc(Cl)cc2Cl)cc1. The lowest BCUT2D eigenvalue weighted by atomic mass is 10.1. The fourth-order valence-electron chi connectivity index (χ4n) is 1.96. The molecule has 3 aromatic rings. The average molecular weight is 379 g/mol. The maximum atomic E-state index is 12.1. The zero-order chi connectivity index (χ0) is 16.9. The molecule has 1 heterocycles. The molecule has 0 unspecified atom stereocenters. The highest BCUT2D eigenvalue weighted by Gasteiger charge is 2.08. The Balaban J connectivity index is 1.61. The molecule has 0 spiro atoms. The fourth-order valence-corrected chi connectivity index (χ4v) is 2.95. The molecule has 0 aliphatic heterocycles. The summed E-state index contributed by atoms with van der Waals surface area (Å²) in [7, 11) is 0. The number of rotatable bonds is 5. The van der Waals surface area contributed by atoms with Gasteiger partial charge in [-0.3, -0.25) is 10.1 Å². The van der Waals surface area contributed by atoms with Crippen LogP contribution in [0.5, 0.6) is 5.75 Å². The lowest BCUT2D eigenvalue weighted by molar-refractivity contribution is 0.102. The summed E-state index contributed by atoms with van der Waals surface area (Å²) < 4.78 is 5.66. The second-order valence-corrected chi connectivity index (χ2v) is 6.59. The Morgan fingerprint density at radius 1 is 1.17 bits per heavy atom. The number of ether oxygens (including phenoxy) is 1. The molecule has 7 heteroatoms. The van der Waals surface area contributed by atoms with Gasteiger partial charge >= 0.3 is 0 Å². The molecule has 0 saturated heterocycles. The molecule has 0 bridgehead atoms. The monoisotopic (exact) mass is 378 g/mol. The number of carbonyl (C=O) groups is 1. The smallest absolute Gasteiger partial charge is 0.257 e. The van der Waals surface area contributed by atoms with E-state index in [1.165, 1.54) is 11.3 Å². The second-order valence-electron chi connectivity index (χ2n) is 4.85. The van der Waals surface area contributed by atoms with Gasteiger partial charge in [-0.2, -0.15) is 0 Å². The predicted octanol–water partition coefficient (Wildman–Crippen LogP) is 5.28. The van der Waals surface area contributed by atoms with Crippen molar-refractivity contribution in [2.45, 2.75) is 6.61 Å². The maximum Gasteiger partial charge on any atom is 0.257 e. The van der Waals surface area contributed by atoms with Crippen LogP contribution in [0.3, 0.4) is 0 Å². The Hall–Kier alpha value is -2.08. The third-order valence-electron chi connectivity index (χ3n) is 3.16. The summed E-state index contributed by atoms with van der Waals surface area (Å²) in [5, 5.41) is 6.13. The third-order valence-corrected chi connectivity index (χ3v) is 4.38. The van der Waals surface area contributed by atoms with Gasteiger partial charge in [0.25, 0.3) is 5.91 Å². The van der Waals surface area contributed by atoms with E-state index in [0.29, 0.717) is 33.1 Å². The molecule has 0 aliphatic carbocycles. The highest BCUT2D eigenvalue weighted by atomic mass is 35.5. The number of hydrogen-bond acceptors (Lipinski definition) is 4. The van der Waals surface area contributed by atoms with Gasteiger partial charge in [0.15, 0.2) is 5.13 Å². The van der Waals surface area contributed by atoms with Crippen molar-refractivity contribution < 1.29 is 9.53 Å². The second kappa shape index (κ2) is 7.66. The molecule has 3 rings (SSSR count). The fraction of sp³-hybridized carbons (Fsp3) is 0.0588. The van der Waals surface area contributed by atoms with E-state index >= 15 is 0 Å². The maximum absolute atomic E-state index is 12.1. The number of amides is 1. The standard InChI is InChI=1S/C17H12Cl2N2O2S/c18-13-5-6-15(14(19)9-13)23-10-11-1-3-12(4-2-11)16(22)21-17-20-7-8-24-17/h1-9H,10H2,(H,20,21,22). The first-order valence-corrected chi connectivity index (χ1v) is 8.63. The molecule has 0 aliphatic rings. The van der Waals surface area contributed by atoms with Crippen LogP contribution in [-0.4, -0.2) is 10.9 Å². The molecule has 0 saturated carbocycles. The van der Waals surface area contributed by atoms with Crippen molar-refractivity contribution in [1.82, 2.24) is 4.98 Å². The molecule has 0 fully saturated rings. The molecule has 122 valence electrons. The van der Waals surface area contributed by atoms with E-state index in [9.17, 15) is 4.79 Å². The number of anilines is 1. The lowest BCUT2D eigenvalue weighted by Gasteiger charge is -2.09. The molecule has 1 N–H and O–H groups in total. The molecule has 4 nitrogen and oxygen atoms in total. The Morgan fingerprint density at radius 2 is 1.96 bits per heavy atom. The highest BCUT2D eigenvalue weighted by Crippen LogP contribution is 2.28. The van der Waals surface area contributed by atoms with Crippen molar-refractivity contribution in [3.63, 3.8) is 0 Å². The van der Waals surface area contributed by atoms with Gasteiger partial charge in [0.2, 0.25) is 0 Å². The largest absolute Gasteiger partial charge is 0.487 e. The molecule has 0 atom stereocenters. The number of hydrogen-bond donors (Lipinski definition) is 1. The van der Waals surface area contributed by atoms with E-state index in [1.807, 2.05) is 12.1 Å². The minimum absolute atomic E-state index is 0.196. The molecule has 1 amide bonds. The van der Waals surface area contributed by atoms with Crippen LogP contribution in [0.15, 0.2) is 54.0 Å². The summed E-state index contributed by atoms with van der Waals surface area (Å²) in [6.45, 7) is 0.343. The zero-order valence-electron chi connectivity index (χ0n) is 12.3. The van der Waals surface area contributed by atoms with Gasteiger partial charge in [0.1, 0.15) is 12.4 Å². The Morgan fingerprint density at radius 3 is 2.62 bits per heavy atom. The van der Waals surface area contributed by atoms with Crippen LogP contribution in [0.2, 0.25) is 10.0 Å². The van der Waals surface area contributed by atoms with Crippen molar-refractivity contribution in [2.24, 2.45) is 0 Å². The third kappa shape index (κ3) is 4.26. The van der Waals surface area contributed by atoms with E-state index in [0.717, 1.165) is 5.56 Å². The van der Waals surface area contributed by atoms with Crippen LogP contribution >= 0.6 is 34.5 Å². The highest BCUT2D eigenvalue weighted by molar-refractivity contribution is 7.13. The zero-order valence-corrected chi connectivity index (χ0v) is 14.7. The van der Waals surface area contributed by atoms with E-state index in [1.54, 1.807) is 41.9 Å². The van der Waals surface area contributed by atoms with Gasteiger partial charge in [0.05, 0.1) is 5.02 Å². The van der Waals surface area contributed by atoms with Crippen LogP contribution in [-0.2, 0) is 6.61 Å². The number of nitrogens with zero attached hydrogens (tertiary/aromatic N) is 1. The molecule has 24 heavy (non-hydrogen) atoms. The van der Waals surface area contributed by atoms with Crippen molar-refractivity contribution in [2.75, 3.05) is 5.32 Å². The molecular weight excluding hydrogens is 367 g/mol. The molecular formula is C17H12Cl2N2O2S. The Labute approximate surface area is 153 Å². The first kappa shape index (κ1) is 16.8. The number of halogens is 2. The van der Waals surface area contributed by atoms with E-state index in [4.69, 9.17) is 27.9 Å². The lowest BCUT2D eigenvalue weighted by Crippen LogP contribution is -2.11. The summed E-state index contributed by atoms with van der Waals surface area (Å²) in [5.74, 6) is 0.366. The van der Waals surface area contributed by atoms with Crippen molar-refractivity contribution in [3.05, 3.63) is 75.2 Å². The van der Waals surface area contributed by atoms with Crippen LogP contribution in [0, 0.1) is 0 Å². The predicted molar refractivity (Wildman–Crippen MR) is 97.3 cm³/mol. The van der Waals surface area contributed by atoms with Crippen molar-refractivity contribution in [1.29, 1.82) is 0 Å². The minimum atomic E-state index is -0.196. The average Bonchev–Trinajstić information content (AvgIpc) is 3.07. The summed E-state index contributed by atoms with van der Waals surface area (Å²) in [6.07, 6.45) is 1.64. The number of nitrogens with one attached hydrogen (secondary N) is 1. The number of carbonyl (C=O) groups excluding carboxylic acids is 1. The van der Waals surface area contributed by atoms with Gasteiger partial charge in [-0.15, -0.1) is 11.3 Å². The summed E-state index contributed by atoms with van der Waals surface area (Å²) in [5.41, 5.74) is 1.48. The van der Waals surface area contributed by atoms with Gasteiger partial charge in [-0.25, -0.2) is 4.98 Å². The van der Waals surface area contributed by atoms with E-state index in [2.05, 4.69) is 10.3 Å². The summed E-state index contributed by atoms with van der Waals surface area (Å²) in [4.78, 5) is 16.1. The van der Waals surface area contributed by atoms with Crippen molar-refractivity contribution >= 4 is 45.6 Å². The number of thiazole rings is 1. The topological polar surface area (TPSA) is 51.2 Å². The van der Waals surface area contributed by atoms with E-state index in [-0.39, 0.29) is 5.91 Å². The van der Waals surface area contributed by atoms with Crippen molar-refractivity contribution in [3.8, 4) is 5.75 Å². The quantitative estimate of drug-likeness (QED) is 0.656.